The van der Waals surface area contributed by atoms with Gasteiger partial charge in [0, 0.05) is 6.07 Å². The topological polar surface area (TPSA) is 117 Å². The van der Waals surface area contributed by atoms with Crippen molar-refractivity contribution in [1.82, 2.24) is 0 Å². The quantitative estimate of drug-likeness (QED) is 0.267. The number of amides is 1. The predicted molar refractivity (Wildman–Crippen MR) is 130 cm³/mol. The fourth-order valence-electron chi connectivity index (χ4n) is 4.07. The van der Waals surface area contributed by atoms with E-state index in [-0.39, 0.29) is 39.1 Å². The second kappa shape index (κ2) is 9.23. The van der Waals surface area contributed by atoms with Crippen LogP contribution in [-0.4, -0.2) is 41.2 Å². The highest BCUT2D eigenvalue weighted by molar-refractivity contribution is 6.52. The molecular weight excluding hydrogens is 474 g/mol. The number of benzene rings is 3. The van der Waals surface area contributed by atoms with Gasteiger partial charge >= 0.3 is 0 Å². The summed E-state index contributed by atoms with van der Waals surface area (Å²) in [6, 6.07) is 12.2. The molecule has 0 bridgehead atoms. The number of carbonyl (C=O) groups is 2. The molecular formula is C26H22ClNO7. The molecule has 0 saturated carbocycles. The number of methoxy groups -OCH3 is 2. The molecule has 0 aromatic heterocycles. The molecule has 8 nitrogen and oxygen atoms in total. The number of hydrogen-bond acceptors (Lipinski definition) is 7. The van der Waals surface area contributed by atoms with Crippen LogP contribution in [0.3, 0.4) is 0 Å². The zero-order valence-corrected chi connectivity index (χ0v) is 19.8. The van der Waals surface area contributed by atoms with E-state index in [1.54, 1.807) is 19.1 Å². The molecule has 4 rings (SSSR count). The van der Waals surface area contributed by atoms with E-state index in [1.165, 1.54) is 56.7 Å². The van der Waals surface area contributed by atoms with Crippen molar-refractivity contribution in [2.75, 3.05) is 19.1 Å². The second-order valence-electron chi connectivity index (χ2n) is 7.94. The lowest BCUT2D eigenvalue weighted by molar-refractivity contribution is -0.132. The first kappa shape index (κ1) is 24.0. The summed E-state index contributed by atoms with van der Waals surface area (Å²) >= 11 is 6.27. The third kappa shape index (κ3) is 4.13. The van der Waals surface area contributed by atoms with E-state index < -0.39 is 23.5 Å². The standard InChI is InChI=1S/C26H22ClNO7/c1-13-4-9-19(30)18(10-13)28-23(14-5-7-15(29)8-6-14)22(25(32)26(28)33)24(31)16-11-17(27)21(35-3)12-20(16)34-2/h4-12,23,29-31H,1-3H3/b24-22+. The van der Waals surface area contributed by atoms with Gasteiger partial charge in [-0.25, -0.2) is 0 Å². The van der Waals surface area contributed by atoms with Crippen LogP contribution >= 0.6 is 11.6 Å². The lowest BCUT2D eigenvalue weighted by atomic mass is 9.94. The van der Waals surface area contributed by atoms with Gasteiger partial charge in [0.25, 0.3) is 11.7 Å². The molecule has 35 heavy (non-hydrogen) atoms. The number of hydrogen-bond donors (Lipinski definition) is 3. The van der Waals surface area contributed by atoms with Gasteiger partial charge in [-0.2, -0.15) is 0 Å². The molecule has 0 spiro atoms. The fraction of sp³-hybridized carbons (Fsp3) is 0.154. The van der Waals surface area contributed by atoms with Crippen molar-refractivity contribution >= 4 is 34.7 Å². The molecule has 1 atom stereocenters. The Bertz CT molecular complexity index is 1360. The number of anilines is 1. The SMILES string of the molecule is COc1cc(OC)c(/C(O)=C2\C(=O)C(=O)N(c3cc(C)ccc3O)C2c2ccc(O)cc2)cc1Cl. The number of ether oxygens (including phenoxy) is 2. The van der Waals surface area contributed by atoms with Crippen molar-refractivity contribution in [3.63, 3.8) is 0 Å². The summed E-state index contributed by atoms with van der Waals surface area (Å²) in [4.78, 5) is 27.7. The summed E-state index contributed by atoms with van der Waals surface area (Å²) < 4.78 is 10.6. The van der Waals surface area contributed by atoms with Gasteiger partial charge < -0.3 is 24.8 Å². The van der Waals surface area contributed by atoms with E-state index in [0.29, 0.717) is 11.3 Å². The Morgan fingerprint density at radius 3 is 2.23 bits per heavy atom. The average Bonchev–Trinajstić information content (AvgIpc) is 3.10. The summed E-state index contributed by atoms with van der Waals surface area (Å²) in [5.74, 6) is -2.20. The number of aliphatic hydroxyl groups is 1. The van der Waals surface area contributed by atoms with Crippen LogP contribution in [0.5, 0.6) is 23.0 Å². The molecule has 1 heterocycles. The maximum atomic E-state index is 13.3. The fourth-order valence-corrected chi connectivity index (χ4v) is 4.31. The Morgan fingerprint density at radius 1 is 0.943 bits per heavy atom. The maximum Gasteiger partial charge on any atom is 0.300 e. The Hall–Kier alpha value is -4.17. The first-order valence-corrected chi connectivity index (χ1v) is 10.9. The third-order valence-corrected chi connectivity index (χ3v) is 6.07. The summed E-state index contributed by atoms with van der Waals surface area (Å²) in [6.07, 6.45) is 0. The van der Waals surface area contributed by atoms with Crippen LogP contribution in [-0.2, 0) is 9.59 Å². The van der Waals surface area contributed by atoms with Crippen molar-refractivity contribution in [3.8, 4) is 23.0 Å². The van der Waals surface area contributed by atoms with Crippen LogP contribution in [0.1, 0.15) is 22.7 Å². The van der Waals surface area contributed by atoms with Crippen LogP contribution in [0.25, 0.3) is 5.76 Å². The molecule has 180 valence electrons. The molecule has 3 N–H and O–H groups in total. The number of nitrogens with zero attached hydrogens (tertiary/aromatic N) is 1. The molecule has 1 saturated heterocycles. The number of aryl methyl sites for hydroxylation is 1. The summed E-state index contributed by atoms with van der Waals surface area (Å²) in [6.45, 7) is 1.78. The van der Waals surface area contributed by atoms with Crippen molar-refractivity contribution in [1.29, 1.82) is 0 Å². The van der Waals surface area contributed by atoms with E-state index >= 15 is 0 Å². The van der Waals surface area contributed by atoms with Gasteiger partial charge in [0.1, 0.15) is 28.8 Å². The minimum atomic E-state index is -1.12. The number of ketones is 1. The van der Waals surface area contributed by atoms with Crippen molar-refractivity contribution in [2.24, 2.45) is 0 Å². The van der Waals surface area contributed by atoms with E-state index in [9.17, 15) is 24.9 Å². The van der Waals surface area contributed by atoms with Crippen LogP contribution in [0.4, 0.5) is 5.69 Å². The van der Waals surface area contributed by atoms with Crippen molar-refractivity contribution in [3.05, 3.63) is 81.9 Å². The zero-order valence-electron chi connectivity index (χ0n) is 19.1. The zero-order chi connectivity index (χ0) is 25.4. The monoisotopic (exact) mass is 495 g/mol. The van der Waals surface area contributed by atoms with Gasteiger partial charge in [-0.15, -0.1) is 0 Å². The highest BCUT2D eigenvalue weighted by atomic mass is 35.5. The number of phenols is 2. The molecule has 3 aromatic carbocycles. The Balaban J connectivity index is 2.02. The Labute approximate surface area is 206 Å². The molecule has 0 radical (unpaired) electrons. The first-order chi connectivity index (χ1) is 16.7. The normalized spacial score (nSPS) is 17.0. The second-order valence-corrected chi connectivity index (χ2v) is 8.35. The number of aliphatic hydroxyl groups excluding tert-OH is 1. The summed E-state index contributed by atoms with van der Waals surface area (Å²) in [5.41, 5.74) is 1.11. The Morgan fingerprint density at radius 2 is 1.60 bits per heavy atom. The van der Waals surface area contributed by atoms with E-state index in [0.717, 1.165) is 10.5 Å². The molecule has 3 aromatic rings. The van der Waals surface area contributed by atoms with Gasteiger partial charge in [0.15, 0.2) is 0 Å². The van der Waals surface area contributed by atoms with Gasteiger partial charge in [-0.3, -0.25) is 14.5 Å². The largest absolute Gasteiger partial charge is 0.508 e. The smallest absolute Gasteiger partial charge is 0.300 e. The molecule has 1 aliphatic rings. The molecule has 1 amide bonds. The lowest BCUT2D eigenvalue weighted by Gasteiger charge is -2.26. The van der Waals surface area contributed by atoms with Crippen LogP contribution < -0.4 is 14.4 Å². The van der Waals surface area contributed by atoms with Crippen molar-refractivity contribution in [2.45, 2.75) is 13.0 Å². The highest BCUT2D eigenvalue weighted by Crippen LogP contribution is 2.46. The van der Waals surface area contributed by atoms with Crippen LogP contribution in [0.15, 0.2) is 60.2 Å². The molecule has 0 aliphatic carbocycles. The van der Waals surface area contributed by atoms with Gasteiger partial charge in [-0.05, 0) is 48.4 Å². The van der Waals surface area contributed by atoms with Crippen LogP contribution in [0, 0.1) is 6.92 Å². The van der Waals surface area contributed by atoms with Gasteiger partial charge in [0.2, 0.25) is 0 Å². The first-order valence-electron chi connectivity index (χ1n) is 10.5. The molecule has 1 fully saturated rings. The predicted octanol–water partition coefficient (Wildman–Crippen LogP) is 4.70. The van der Waals surface area contributed by atoms with Crippen molar-refractivity contribution < 1.29 is 34.4 Å². The number of carbonyl (C=O) groups excluding carboxylic acids is 2. The average molecular weight is 496 g/mol. The maximum absolute atomic E-state index is 13.3. The van der Waals surface area contributed by atoms with Gasteiger partial charge in [0.05, 0.1) is 42.1 Å². The minimum absolute atomic E-state index is 0.0206. The van der Waals surface area contributed by atoms with E-state index in [4.69, 9.17) is 21.1 Å². The number of rotatable bonds is 5. The molecule has 1 unspecified atom stereocenters. The molecule has 1 aliphatic heterocycles. The number of aromatic hydroxyl groups is 2. The van der Waals surface area contributed by atoms with Gasteiger partial charge in [-0.1, -0.05) is 29.8 Å². The third-order valence-electron chi connectivity index (χ3n) is 5.77. The summed E-state index contributed by atoms with van der Waals surface area (Å²) in [5, 5.41) is 31.9. The summed E-state index contributed by atoms with van der Waals surface area (Å²) in [7, 11) is 2.80. The minimum Gasteiger partial charge on any atom is -0.508 e. The number of Topliss-reactive ketones (excluding diaryl/α,β-unsaturated/α-hetero) is 1. The highest BCUT2D eigenvalue weighted by Gasteiger charge is 2.48. The van der Waals surface area contributed by atoms with E-state index in [1.807, 2.05) is 0 Å². The lowest BCUT2D eigenvalue weighted by Crippen LogP contribution is -2.29. The molecule has 9 heteroatoms. The van der Waals surface area contributed by atoms with E-state index in [2.05, 4.69) is 0 Å². The van der Waals surface area contributed by atoms with Crippen LogP contribution in [0.2, 0.25) is 5.02 Å². The Kier molecular flexibility index (Phi) is 6.32. The number of halogens is 1. The number of phenolic OH excluding ortho intramolecular Hbond substituents is 2.